The maximum absolute atomic E-state index is 5.78. The van der Waals surface area contributed by atoms with E-state index in [-0.39, 0.29) is 12.6 Å². The van der Waals surface area contributed by atoms with Crippen molar-refractivity contribution in [3.8, 4) is 5.75 Å². The third-order valence-corrected chi connectivity index (χ3v) is 1.88. The molecule has 0 unspecified atom stereocenters. The molecule has 0 saturated carbocycles. The molecule has 78 valence electrons. The summed E-state index contributed by atoms with van der Waals surface area (Å²) in [4.78, 5) is 3.79. The van der Waals surface area contributed by atoms with Gasteiger partial charge in [0, 0.05) is 5.02 Å². The summed E-state index contributed by atoms with van der Waals surface area (Å²) in [5.41, 5.74) is 5.28. The first-order valence-electron chi connectivity index (χ1n) is 4.20. The van der Waals surface area contributed by atoms with E-state index < -0.39 is 0 Å². The van der Waals surface area contributed by atoms with Crippen molar-refractivity contribution in [1.82, 2.24) is 10.1 Å². The molecule has 0 amide bonds. The topological polar surface area (TPSA) is 74.2 Å². The molecule has 0 atom stereocenters. The summed E-state index contributed by atoms with van der Waals surface area (Å²) in [6.45, 7) is 0.171. The third kappa shape index (κ3) is 2.60. The van der Waals surface area contributed by atoms with Crippen LogP contribution in [0.5, 0.6) is 5.75 Å². The van der Waals surface area contributed by atoms with E-state index in [1.54, 1.807) is 24.3 Å². The van der Waals surface area contributed by atoms with Crippen molar-refractivity contribution in [2.45, 2.75) is 6.61 Å². The Kier molecular flexibility index (Phi) is 2.73. The van der Waals surface area contributed by atoms with Gasteiger partial charge in [0.2, 0.25) is 0 Å². The highest BCUT2D eigenvalue weighted by Gasteiger charge is 2.03. The monoisotopic (exact) mass is 225 g/mol. The van der Waals surface area contributed by atoms with Crippen LogP contribution in [0, 0.1) is 0 Å². The second-order valence-electron chi connectivity index (χ2n) is 2.79. The van der Waals surface area contributed by atoms with E-state index in [4.69, 9.17) is 26.6 Å². The van der Waals surface area contributed by atoms with Gasteiger partial charge >= 0.3 is 0 Å². The van der Waals surface area contributed by atoms with Crippen LogP contribution in [0.15, 0.2) is 28.8 Å². The average Bonchev–Trinajstić information content (AvgIpc) is 2.62. The molecule has 0 fully saturated rings. The highest BCUT2D eigenvalue weighted by atomic mass is 35.5. The molecular weight excluding hydrogens is 218 g/mol. The molecule has 5 nitrogen and oxygen atoms in total. The highest BCUT2D eigenvalue weighted by molar-refractivity contribution is 6.30. The van der Waals surface area contributed by atoms with Gasteiger partial charge in [-0.1, -0.05) is 17.7 Å². The van der Waals surface area contributed by atoms with Gasteiger partial charge in [-0.05, 0) is 23.4 Å². The van der Waals surface area contributed by atoms with Crippen LogP contribution < -0.4 is 10.5 Å². The fraction of sp³-hybridized carbons (Fsp3) is 0.111. The zero-order valence-corrected chi connectivity index (χ0v) is 8.44. The molecule has 2 rings (SSSR count). The minimum Gasteiger partial charge on any atom is -0.484 e. The van der Waals surface area contributed by atoms with Crippen LogP contribution >= 0.6 is 11.6 Å². The van der Waals surface area contributed by atoms with E-state index in [9.17, 15) is 0 Å². The Morgan fingerprint density at radius 2 is 2.33 bits per heavy atom. The summed E-state index contributed by atoms with van der Waals surface area (Å²) < 4.78 is 10.1. The Labute approximate surface area is 90.8 Å². The molecule has 0 saturated heterocycles. The second kappa shape index (κ2) is 4.18. The van der Waals surface area contributed by atoms with E-state index in [2.05, 4.69) is 10.1 Å². The van der Waals surface area contributed by atoms with Crippen LogP contribution in [0.2, 0.25) is 5.02 Å². The Morgan fingerprint density at radius 3 is 3.00 bits per heavy atom. The summed E-state index contributed by atoms with van der Waals surface area (Å²) >= 11 is 5.78. The Hall–Kier alpha value is -1.75. The molecule has 0 bridgehead atoms. The number of nitrogens with two attached hydrogens (primary N) is 1. The van der Waals surface area contributed by atoms with Gasteiger partial charge < -0.3 is 15.0 Å². The minimum absolute atomic E-state index is 0.0969. The first-order chi connectivity index (χ1) is 7.24. The van der Waals surface area contributed by atoms with Crippen LogP contribution in [-0.4, -0.2) is 10.1 Å². The van der Waals surface area contributed by atoms with Crippen LogP contribution in [0.25, 0.3) is 0 Å². The van der Waals surface area contributed by atoms with Crippen molar-refractivity contribution >= 4 is 17.5 Å². The number of rotatable bonds is 3. The first-order valence-corrected chi connectivity index (χ1v) is 4.58. The molecule has 1 heterocycles. The molecule has 0 spiro atoms. The summed E-state index contributed by atoms with van der Waals surface area (Å²) in [6, 6.07) is 7.03. The van der Waals surface area contributed by atoms with Crippen molar-refractivity contribution in [3.05, 3.63) is 35.2 Å². The highest BCUT2D eigenvalue weighted by Crippen LogP contribution is 2.18. The molecular formula is C9H8ClN3O2. The molecule has 1 aromatic carbocycles. The van der Waals surface area contributed by atoms with Crippen LogP contribution in [0.4, 0.5) is 5.95 Å². The number of halogens is 1. The number of nitrogens with zero attached hydrogens (tertiary/aromatic N) is 2. The largest absolute Gasteiger partial charge is 0.484 e. The normalized spacial score (nSPS) is 10.2. The summed E-state index contributed by atoms with van der Waals surface area (Å²) in [5, 5.41) is 4.04. The van der Waals surface area contributed by atoms with Gasteiger partial charge in [0.05, 0.1) is 0 Å². The molecule has 0 aliphatic heterocycles. The lowest BCUT2D eigenvalue weighted by molar-refractivity contribution is 0.243. The molecule has 0 aliphatic rings. The Balaban J connectivity index is 1.99. The van der Waals surface area contributed by atoms with Crippen molar-refractivity contribution in [1.29, 1.82) is 0 Å². The van der Waals surface area contributed by atoms with Crippen LogP contribution in [0.1, 0.15) is 5.89 Å². The number of nitrogen functional groups attached to an aromatic ring is 1. The molecule has 2 N–H and O–H groups in total. The van der Waals surface area contributed by atoms with Crippen LogP contribution in [-0.2, 0) is 6.61 Å². The maximum Gasteiger partial charge on any atom is 0.266 e. The van der Waals surface area contributed by atoms with Gasteiger partial charge in [-0.2, -0.15) is 4.98 Å². The number of hydrogen-bond donors (Lipinski definition) is 1. The van der Waals surface area contributed by atoms with Gasteiger partial charge in [-0.15, -0.1) is 0 Å². The maximum atomic E-state index is 5.78. The standard InChI is InChI=1S/C9H8ClN3O2/c10-6-2-1-3-7(4-6)14-5-8-12-9(11)13-15-8/h1-4H,5H2,(H2,11,13). The fourth-order valence-electron chi connectivity index (χ4n) is 1.03. The zero-order chi connectivity index (χ0) is 10.7. The minimum atomic E-state index is 0.0969. The number of benzene rings is 1. The predicted octanol–water partition coefficient (Wildman–Crippen LogP) is 1.88. The molecule has 1 aromatic heterocycles. The summed E-state index contributed by atoms with van der Waals surface area (Å²) in [7, 11) is 0. The van der Waals surface area contributed by atoms with E-state index in [1.165, 1.54) is 0 Å². The zero-order valence-electron chi connectivity index (χ0n) is 7.68. The van der Waals surface area contributed by atoms with Crippen molar-refractivity contribution in [2.75, 3.05) is 5.73 Å². The lowest BCUT2D eigenvalue weighted by Gasteiger charge is -2.02. The average molecular weight is 226 g/mol. The Morgan fingerprint density at radius 1 is 1.47 bits per heavy atom. The van der Waals surface area contributed by atoms with E-state index in [1.807, 2.05) is 0 Å². The molecule has 15 heavy (non-hydrogen) atoms. The SMILES string of the molecule is Nc1noc(COc2cccc(Cl)c2)n1. The van der Waals surface area contributed by atoms with E-state index >= 15 is 0 Å². The molecule has 2 aromatic rings. The number of anilines is 1. The van der Waals surface area contributed by atoms with Gasteiger partial charge in [0.25, 0.3) is 11.8 Å². The predicted molar refractivity (Wildman–Crippen MR) is 54.5 cm³/mol. The smallest absolute Gasteiger partial charge is 0.266 e. The van der Waals surface area contributed by atoms with Crippen molar-refractivity contribution in [3.63, 3.8) is 0 Å². The third-order valence-electron chi connectivity index (χ3n) is 1.64. The molecule has 0 radical (unpaired) electrons. The quantitative estimate of drug-likeness (QED) is 0.863. The first kappa shape index (κ1) is 9.79. The van der Waals surface area contributed by atoms with Gasteiger partial charge in [-0.3, -0.25) is 0 Å². The second-order valence-corrected chi connectivity index (χ2v) is 3.23. The van der Waals surface area contributed by atoms with Crippen molar-refractivity contribution < 1.29 is 9.26 Å². The number of aromatic nitrogens is 2. The fourth-order valence-corrected chi connectivity index (χ4v) is 1.21. The molecule has 0 aliphatic carbocycles. The van der Waals surface area contributed by atoms with Gasteiger partial charge in [0.15, 0.2) is 6.61 Å². The van der Waals surface area contributed by atoms with Crippen molar-refractivity contribution in [2.24, 2.45) is 0 Å². The summed E-state index contributed by atoms with van der Waals surface area (Å²) in [6.07, 6.45) is 0. The Bertz CT molecular complexity index is 458. The summed E-state index contributed by atoms with van der Waals surface area (Å²) in [5.74, 6) is 1.06. The van der Waals surface area contributed by atoms with Gasteiger partial charge in [0.1, 0.15) is 5.75 Å². The van der Waals surface area contributed by atoms with E-state index in [0.29, 0.717) is 16.7 Å². The number of hydrogen-bond acceptors (Lipinski definition) is 5. The van der Waals surface area contributed by atoms with Crippen LogP contribution in [0.3, 0.4) is 0 Å². The lowest BCUT2D eigenvalue weighted by atomic mass is 10.3. The number of ether oxygens (including phenoxy) is 1. The van der Waals surface area contributed by atoms with Gasteiger partial charge in [-0.25, -0.2) is 0 Å². The van der Waals surface area contributed by atoms with E-state index in [0.717, 1.165) is 0 Å². The lowest BCUT2D eigenvalue weighted by Crippen LogP contribution is -1.96. The molecule has 6 heteroatoms.